The number of sulfone groups is 1. The molecule has 0 saturated carbocycles. The number of hydrogen-bond donors (Lipinski definition) is 1. The van der Waals surface area contributed by atoms with E-state index in [0.717, 1.165) is 24.3 Å². The number of quaternary nitrogens is 1. The molecule has 0 aromatic heterocycles. The molecule has 0 spiro atoms. The summed E-state index contributed by atoms with van der Waals surface area (Å²) in [6.07, 6.45) is -4.19. The van der Waals surface area contributed by atoms with Crippen LogP contribution in [0.15, 0.2) is 41.3 Å². The molecule has 12 heteroatoms. The number of alkyl halides is 3. The van der Waals surface area contributed by atoms with Crippen molar-refractivity contribution < 1.29 is 45.3 Å². The van der Waals surface area contributed by atoms with E-state index in [0.29, 0.717) is 25.0 Å². The highest BCUT2D eigenvalue weighted by Gasteiger charge is 2.45. The fourth-order valence-corrected chi connectivity index (χ4v) is 6.49. The van der Waals surface area contributed by atoms with Gasteiger partial charge in [0.15, 0.2) is 21.5 Å². The van der Waals surface area contributed by atoms with E-state index in [9.17, 15) is 39.6 Å². The zero-order chi connectivity index (χ0) is 27.8. The maximum atomic E-state index is 13.9. The topological polar surface area (TPSA) is 82.1 Å². The van der Waals surface area contributed by atoms with Gasteiger partial charge in [0.1, 0.15) is 5.82 Å². The van der Waals surface area contributed by atoms with E-state index < -0.39 is 60.6 Å². The number of likely N-dealkylation sites (tertiary alicyclic amines) is 1. The Morgan fingerprint density at radius 1 is 1.03 bits per heavy atom. The number of benzene rings is 2. The van der Waals surface area contributed by atoms with Gasteiger partial charge in [0.05, 0.1) is 27.7 Å². The third-order valence-electron chi connectivity index (χ3n) is 7.06. The van der Waals surface area contributed by atoms with Crippen LogP contribution in [0.3, 0.4) is 0 Å². The first-order valence-corrected chi connectivity index (χ1v) is 13.2. The summed E-state index contributed by atoms with van der Waals surface area (Å²) < 4.78 is 105. The van der Waals surface area contributed by atoms with Crippen molar-refractivity contribution in [1.82, 2.24) is 4.90 Å². The molecule has 1 heterocycles. The summed E-state index contributed by atoms with van der Waals surface area (Å²) in [6.45, 7) is 3.43. The first-order valence-electron chi connectivity index (χ1n) is 11.7. The van der Waals surface area contributed by atoms with Crippen LogP contribution in [-0.2, 0) is 27.2 Å². The Kier molecular flexibility index (Phi) is 8.33. The quantitative estimate of drug-likeness (QED) is 0.415. The zero-order valence-electron chi connectivity index (χ0n) is 20.4. The summed E-state index contributed by atoms with van der Waals surface area (Å²) in [6, 6.07) is 4.24. The molecule has 0 bridgehead atoms. The van der Waals surface area contributed by atoms with Gasteiger partial charge in [-0.1, -0.05) is 6.07 Å². The predicted octanol–water partition coefficient (Wildman–Crippen LogP) is 4.16. The largest absolute Gasteiger partial charge is 0.416 e. The Hall–Kier alpha value is -2.60. The number of nitrogens with zero attached hydrogens (tertiary/aromatic N) is 1. The number of carbonyl (C=O) groups excluding carboxylic acids is 1. The van der Waals surface area contributed by atoms with Crippen LogP contribution in [-0.4, -0.2) is 43.1 Å². The average Bonchev–Trinajstić information content (AvgIpc) is 2.82. The molecule has 0 aliphatic carbocycles. The van der Waals surface area contributed by atoms with Crippen LogP contribution < -0.4 is 5.73 Å². The zero-order valence-corrected chi connectivity index (χ0v) is 21.2. The lowest BCUT2D eigenvalue weighted by Gasteiger charge is -2.40. The minimum absolute atomic E-state index is 0.0744. The third-order valence-corrected chi connectivity index (χ3v) is 9.65. The molecule has 1 aliphatic rings. The first kappa shape index (κ1) is 29.0. The minimum atomic E-state index is -4.68. The summed E-state index contributed by atoms with van der Waals surface area (Å²) in [7, 11) is -4.13. The molecule has 204 valence electrons. The first-order chi connectivity index (χ1) is 17.0. The van der Waals surface area contributed by atoms with Gasteiger partial charge in [-0.25, -0.2) is 21.6 Å². The lowest BCUT2D eigenvalue weighted by Crippen LogP contribution is -2.63. The van der Waals surface area contributed by atoms with Crippen LogP contribution >= 0.6 is 0 Å². The van der Waals surface area contributed by atoms with Gasteiger partial charge in [0, 0.05) is 25.6 Å². The van der Waals surface area contributed by atoms with Crippen molar-refractivity contribution in [3.05, 3.63) is 65.0 Å². The van der Waals surface area contributed by atoms with Crippen LogP contribution in [0.1, 0.15) is 44.2 Å². The van der Waals surface area contributed by atoms with Gasteiger partial charge in [0.25, 0.3) is 0 Å². The van der Waals surface area contributed by atoms with Gasteiger partial charge in [-0.15, -0.1) is 0 Å². The second-order valence-electron chi connectivity index (χ2n) is 9.92. The monoisotopic (exact) mass is 551 g/mol. The molecule has 1 amide bonds. The van der Waals surface area contributed by atoms with Gasteiger partial charge in [0.2, 0.25) is 5.91 Å². The Morgan fingerprint density at radius 2 is 1.62 bits per heavy atom. The molecule has 3 N–H and O–H groups in total. The smallest absolute Gasteiger partial charge is 0.354 e. The van der Waals surface area contributed by atoms with E-state index >= 15 is 0 Å². The lowest BCUT2D eigenvalue weighted by atomic mass is 9.85. The van der Waals surface area contributed by atoms with Crippen molar-refractivity contribution in [2.75, 3.05) is 13.1 Å². The van der Waals surface area contributed by atoms with E-state index in [1.807, 2.05) is 0 Å². The highest BCUT2D eigenvalue weighted by atomic mass is 32.2. The molecule has 37 heavy (non-hydrogen) atoms. The second-order valence-corrected chi connectivity index (χ2v) is 12.5. The highest BCUT2D eigenvalue weighted by Crippen LogP contribution is 2.39. The maximum absolute atomic E-state index is 13.9. The lowest BCUT2D eigenvalue weighted by molar-refractivity contribution is -0.418. The summed E-state index contributed by atoms with van der Waals surface area (Å²) >= 11 is 0. The van der Waals surface area contributed by atoms with Crippen molar-refractivity contribution in [1.29, 1.82) is 0 Å². The van der Waals surface area contributed by atoms with E-state index in [1.54, 1.807) is 0 Å². The average molecular weight is 552 g/mol. The highest BCUT2D eigenvalue weighted by molar-refractivity contribution is 7.92. The number of rotatable bonds is 7. The number of hydrogen-bond acceptors (Lipinski definition) is 3. The van der Waals surface area contributed by atoms with Gasteiger partial charge in [-0.3, -0.25) is 4.79 Å². The summed E-state index contributed by atoms with van der Waals surface area (Å²) in [4.78, 5) is 13.9. The summed E-state index contributed by atoms with van der Waals surface area (Å²) in [5, 5.41) is 0. The number of halogens is 6. The van der Waals surface area contributed by atoms with E-state index in [2.05, 4.69) is 5.73 Å². The van der Waals surface area contributed by atoms with Crippen molar-refractivity contribution >= 4 is 15.7 Å². The Labute approximate surface area is 211 Å². The fourth-order valence-electron chi connectivity index (χ4n) is 4.67. The Bertz CT molecular complexity index is 1260. The minimum Gasteiger partial charge on any atom is -0.354 e. The van der Waals surface area contributed by atoms with Gasteiger partial charge in [-0.05, 0) is 62.4 Å². The molecule has 0 radical (unpaired) electrons. The molecule has 2 aromatic rings. The number of carbonyl (C=O) groups is 1. The van der Waals surface area contributed by atoms with Crippen LogP contribution in [0.5, 0.6) is 0 Å². The van der Waals surface area contributed by atoms with Crippen LogP contribution in [0, 0.1) is 23.4 Å². The van der Waals surface area contributed by atoms with E-state index in [-0.39, 0.29) is 37.4 Å². The molecular formula is C25H29F6N2O3S+. The fraction of sp³-hybridized carbons (Fsp3) is 0.480. The van der Waals surface area contributed by atoms with Crippen LogP contribution in [0.25, 0.3) is 0 Å². The molecule has 1 atom stereocenters. The van der Waals surface area contributed by atoms with E-state index in [4.69, 9.17) is 0 Å². The molecule has 3 rings (SSSR count). The Balaban J connectivity index is 1.63. The molecule has 5 nitrogen and oxygen atoms in total. The molecule has 0 unspecified atom stereocenters. The molecular weight excluding hydrogens is 522 g/mol. The normalized spacial score (nSPS) is 16.6. The van der Waals surface area contributed by atoms with Crippen molar-refractivity contribution in [3.8, 4) is 0 Å². The molecule has 1 fully saturated rings. The van der Waals surface area contributed by atoms with Crippen molar-refractivity contribution in [2.24, 2.45) is 5.92 Å². The standard InChI is InChI=1S/C25H28F6N2O3S/c1-24(2,37(35,36)19-5-3-4-17(12-19)25(29,30)31)16-6-8-33(9-7-16)23(34)13-18(32)10-15-11-21(27)22(28)14-20(15)26/h3-5,11-12,14,16,18H,6-10,13,32H2,1-2H3/p+1/t18-/m0/s1. The number of amides is 1. The molecule has 1 saturated heterocycles. The van der Waals surface area contributed by atoms with Gasteiger partial charge < -0.3 is 10.6 Å². The van der Waals surface area contributed by atoms with E-state index in [1.165, 1.54) is 18.7 Å². The SMILES string of the molecule is CC(C)(C1CCN(C(=O)C[C@@H]([NH3+])Cc2cc(F)c(F)cc2F)CC1)S(=O)(=O)c1cccc(C(F)(F)F)c1. The van der Waals surface area contributed by atoms with Crippen LogP contribution in [0.2, 0.25) is 0 Å². The predicted molar refractivity (Wildman–Crippen MR) is 123 cm³/mol. The summed E-state index contributed by atoms with van der Waals surface area (Å²) in [5.41, 5.74) is 2.68. The third kappa shape index (κ3) is 6.28. The molecule has 2 aromatic carbocycles. The summed E-state index contributed by atoms with van der Waals surface area (Å²) in [5.74, 6) is -4.13. The number of piperidine rings is 1. The van der Waals surface area contributed by atoms with Crippen molar-refractivity contribution in [3.63, 3.8) is 0 Å². The second kappa shape index (κ2) is 10.6. The van der Waals surface area contributed by atoms with Gasteiger partial charge in [-0.2, -0.15) is 13.2 Å². The van der Waals surface area contributed by atoms with Crippen LogP contribution in [0.4, 0.5) is 26.3 Å². The molecule has 1 aliphatic heterocycles. The maximum Gasteiger partial charge on any atom is 0.416 e. The van der Waals surface area contributed by atoms with Crippen molar-refractivity contribution in [2.45, 2.75) is 61.4 Å². The van der Waals surface area contributed by atoms with Gasteiger partial charge >= 0.3 is 6.18 Å². The Morgan fingerprint density at radius 3 is 2.22 bits per heavy atom.